The number of hydrogen-bond acceptors (Lipinski definition) is 4. The van der Waals surface area contributed by atoms with Gasteiger partial charge in [-0.05, 0) is 53.9 Å². The highest BCUT2D eigenvalue weighted by molar-refractivity contribution is 7.89. The zero-order valence-electron chi connectivity index (χ0n) is 17.1. The van der Waals surface area contributed by atoms with Crippen LogP contribution in [-0.4, -0.2) is 45.8 Å². The summed E-state index contributed by atoms with van der Waals surface area (Å²) in [7, 11) is -0.671. The molecule has 1 fully saturated rings. The minimum absolute atomic E-state index is 0.110. The SMILES string of the molecule is CN(C)S(=O)(=O)c1ccc(N2CCCC2)c(C(=O)Nc2ccc3ccccc3c2)c1. The number of sulfonamides is 1. The molecule has 0 radical (unpaired) electrons. The molecular formula is C23H25N3O3S. The molecule has 1 saturated heterocycles. The molecule has 30 heavy (non-hydrogen) atoms. The van der Waals surface area contributed by atoms with Gasteiger partial charge in [-0.1, -0.05) is 30.3 Å². The summed E-state index contributed by atoms with van der Waals surface area (Å²) in [6.45, 7) is 1.71. The minimum Gasteiger partial charge on any atom is -0.371 e. The molecule has 3 aromatic carbocycles. The van der Waals surface area contributed by atoms with Gasteiger partial charge in [-0.15, -0.1) is 0 Å². The highest BCUT2D eigenvalue weighted by Crippen LogP contribution is 2.29. The summed E-state index contributed by atoms with van der Waals surface area (Å²) in [5.74, 6) is -0.317. The Balaban J connectivity index is 1.72. The molecule has 1 heterocycles. The molecule has 0 aliphatic carbocycles. The van der Waals surface area contributed by atoms with Crippen LogP contribution in [0.25, 0.3) is 10.8 Å². The number of amides is 1. The second-order valence-electron chi connectivity index (χ2n) is 7.68. The minimum atomic E-state index is -3.64. The van der Waals surface area contributed by atoms with Gasteiger partial charge >= 0.3 is 0 Å². The van der Waals surface area contributed by atoms with Crippen LogP contribution in [0.2, 0.25) is 0 Å². The fraction of sp³-hybridized carbons (Fsp3) is 0.261. The molecule has 0 spiro atoms. The van der Waals surface area contributed by atoms with Crippen LogP contribution >= 0.6 is 0 Å². The Morgan fingerprint density at radius 2 is 1.63 bits per heavy atom. The van der Waals surface area contributed by atoms with E-state index in [4.69, 9.17) is 0 Å². The van der Waals surface area contributed by atoms with Gasteiger partial charge in [0.1, 0.15) is 0 Å². The van der Waals surface area contributed by atoms with Crippen LogP contribution in [0.4, 0.5) is 11.4 Å². The Morgan fingerprint density at radius 3 is 2.33 bits per heavy atom. The summed E-state index contributed by atoms with van der Waals surface area (Å²) >= 11 is 0. The topological polar surface area (TPSA) is 69.7 Å². The van der Waals surface area contributed by atoms with Crippen molar-refractivity contribution < 1.29 is 13.2 Å². The van der Waals surface area contributed by atoms with Crippen LogP contribution in [-0.2, 0) is 10.0 Å². The van der Waals surface area contributed by atoms with Crippen LogP contribution in [0.5, 0.6) is 0 Å². The first-order chi connectivity index (χ1) is 14.4. The third-order valence-electron chi connectivity index (χ3n) is 5.45. The largest absolute Gasteiger partial charge is 0.371 e. The highest BCUT2D eigenvalue weighted by Gasteiger charge is 2.24. The Hall–Kier alpha value is -2.90. The molecule has 0 saturated carbocycles. The van der Waals surface area contributed by atoms with Crippen molar-refractivity contribution in [2.45, 2.75) is 17.7 Å². The quantitative estimate of drug-likeness (QED) is 0.675. The fourth-order valence-electron chi connectivity index (χ4n) is 3.77. The molecule has 0 aromatic heterocycles. The van der Waals surface area contributed by atoms with E-state index in [1.807, 2.05) is 42.5 Å². The summed E-state index contributed by atoms with van der Waals surface area (Å²) in [6.07, 6.45) is 2.12. The molecule has 7 heteroatoms. The van der Waals surface area contributed by atoms with Crippen molar-refractivity contribution in [3.05, 3.63) is 66.2 Å². The van der Waals surface area contributed by atoms with Crippen molar-refractivity contribution >= 4 is 38.1 Å². The number of hydrogen-bond donors (Lipinski definition) is 1. The van der Waals surface area contributed by atoms with Gasteiger partial charge in [0.2, 0.25) is 10.0 Å². The molecule has 1 aliphatic heterocycles. The first kappa shape index (κ1) is 20.4. The number of nitrogens with one attached hydrogen (secondary N) is 1. The lowest BCUT2D eigenvalue weighted by atomic mass is 10.1. The highest BCUT2D eigenvalue weighted by atomic mass is 32.2. The number of nitrogens with zero attached hydrogens (tertiary/aromatic N) is 2. The molecule has 4 rings (SSSR count). The van der Waals surface area contributed by atoms with Crippen LogP contribution in [0.15, 0.2) is 65.6 Å². The van der Waals surface area contributed by atoms with E-state index in [1.165, 1.54) is 20.2 Å². The molecule has 0 unspecified atom stereocenters. The summed E-state index contributed by atoms with van der Waals surface area (Å²) < 4.78 is 26.4. The van der Waals surface area contributed by atoms with Crippen molar-refractivity contribution in [3.8, 4) is 0 Å². The average molecular weight is 424 g/mol. The van der Waals surface area contributed by atoms with E-state index < -0.39 is 10.0 Å². The van der Waals surface area contributed by atoms with Crippen molar-refractivity contribution in [2.24, 2.45) is 0 Å². The summed E-state index contributed by atoms with van der Waals surface area (Å²) in [6, 6.07) is 18.5. The van der Waals surface area contributed by atoms with Gasteiger partial charge in [0.15, 0.2) is 0 Å². The lowest BCUT2D eigenvalue weighted by Crippen LogP contribution is -2.25. The molecule has 1 amide bonds. The molecule has 3 aromatic rings. The Labute approximate surface area is 177 Å². The van der Waals surface area contributed by atoms with E-state index in [0.717, 1.165) is 46.7 Å². The van der Waals surface area contributed by atoms with Crippen LogP contribution in [0.1, 0.15) is 23.2 Å². The third-order valence-corrected chi connectivity index (χ3v) is 7.26. The molecule has 1 aliphatic rings. The smallest absolute Gasteiger partial charge is 0.257 e. The summed E-state index contributed by atoms with van der Waals surface area (Å²) in [5.41, 5.74) is 1.81. The Kier molecular flexibility index (Phi) is 5.49. The van der Waals surface area contributed by atoms with E-state index >= 15 is 0 Å². The molecule has 6 nitrogen and oxygen atoms in total. The summed E-state index contributed by atoms with van der Waals surface area (Å²) in [4.78, 5) is 15.5. The second kappa shape index (κ2) is 8.08. The molecule has 1 N–H and O–H groups in total. The van der Waals surface area contributed by atoms with Crippen molar-refractivity contribution in [1.29, 1.82) is 0 Å². The van der Waals surface area contributed by atoms with E-state index in [1.54, 1.807) is 12.1 Å². The van der Waals surface area contributed by atoms with Gasteiger partial charge in [0, 0.05) is 38.6 Å². The number of carbonyl (C=O) groups is 1. The van der Waals surface area contributed by atoms with Crippen LogP contribution in [0.3, 0.4) is 0 Å². The number of rotatable bonds is 5. The lowest BCUT2D eigenvalue weighted by Gasteiger charge is -2.22. The monoisotopic (exact) mass is 423 g/mol. The number of carbonyl (C=O) groups excluding carboxylic acids is 1. The van der Waals surface area contributed by atoms with E-state index in [0.29, 0.717) is 11.3 Å². The Bertz CT molecular complexity index is 1200. The molecule has 0 atom stereocenters. The molecule has 156 valence electrons. The number of anilines is 2. The van der Waals surface area contributed by atoms with Crippen LogP contribution in [0, 0.1) is 0 Å². The average Bonchev–Trinajstić information content (AvgIpc) is 3.28. The predicted molar refractivity (Wildman–Crippen MR) is 121 cm³/mol. The summed E-state index contributed by atoms with van der Waals surface area (Å²) in [5, 5.41) is 5.07. The third kappa shape index (κ3) is 3.91. The maximum atomic E-state index is 13.2. The van der Waals surface area contributed by atoms with Gasteiger partial charge in [0.25, 0.3) is 5.91 Å². The first-order valence-electron chi connectivity index (χ1n) is 9.98. The van der Waals surface area contributed by atoms with Gasteiger partial charge in [0.05, 0.1) is 10.5 Å². The molecule has 0 bridgehead atoms. The molecular weight excluding hydrogens is 398 g/mol. The van der Waals surface area contributed by atoms with Crippen molar-refractivity contribution in [3.63, 3.8) is 0 Å². The van der Waals surface area contributed by atoms with Gasteiger partial charge in [-0.2, -0.15) is 0 Å². The maximum absolute atomic E-state index is 13.2. The zero-order chi connectivity index (χ0) is 21.3. The van der Waals surface area contributed by atoms with Gasteiger partial charge in [-0.3, -0.25) is 4.79 Å². The lowest BCUT2D eigenvalue weighted by molar-refractivity contribution is 0.102. The van der Waals surface area contributed by atoms with E-state index in [-0.39, 0.29) is 10.8 Å². The van der Waals surface area contributed by atoms with Crippen LogP contribution < -0.4 is 10.2 Å². The standard InChI is InChI=1S/C23H25N3O3S/c1-25(2)30(28,29)20-11-12-22(26-13-5-6-14-26)21(16-20)23(27)24-19-10-9-17-7-3-4-8-18(17)15-19/h3-4,7-12,15-16H,5-6,13-14H2,1-2H3,(H,24,27). The zero-order valence-corrected chi connectivity index (χ0v) is 17.9. The normalized spacial score (nSPS) is 14.4. The van der Waals surface area contributed by atoms with E-state index in [9.17, 15) is 13.2 Å². The fourth-order valence-corrected chi connectivity index (χ4v) is 4.70. The Morgan fingerprint density at radius 1 is 0.933 bits per heavy atom. The van der Waals surface area contributed by atoms with Crippen molar-refractivity contribution in [1.82, 2.24) is 4.31 Å². The number of benzene rings is 3. The number of fused-ring (bicyclic) bond motifs is 1. The first-order valence-corrected chi connectivity index (χ1v) is 11.4. The predicted octanol–water partition coefficient (Wildman–Crippen LogP) is 3.94. The van der Waals surface area contributed by atoms with E-state index in [2.05, 4.69) is 10.2 Å². The van der Waals surface area contributed by atoms with Crippen molar-refractivity contribution in [2.75, 3.05) is 37.4 Å². The maximum Gasteiger partial charge on any atom is 0.257 e. The van der Waals surface area contributed by atoms with Gasteiger partial charge < -0.3 is 10.2 Å². The second-order valence-corrected chi connectivity index (χ2v) is 9.83. The van der Waals surface area contributed by atoms with Gasteiger partial charge in [-0.25, -0.2) is 12.7 Å².